The molecule has 0 aliphatic carbocycles. The van der Waals surface area contributed by atoms with E-state index in [9.17, 15) is 0 Å². The summed E-state index contributed by atoms with van der Waals surface area (Å²) in [5.41, 5.74) is 10.3. The number of benzene rings is 3. The Balaban J connectivity index is 0.00000600. The summed E-state index contributed by atoms with van der Waals surface area (Å²) in [6.45, 7) is 33.2. The first-order valence-electron chi connectivity index (χ1n) is 18.3. The summed E-state index contributed by atoms with van der Waals surface area (Å²) in [6.07, 6.45) is 1.14. The third-order valence-corrected chi connectivity index (χ3v) is 15.4. The van der Waals surface area contributed by atoms with Crippen molar-refractivity contribution in [2.24, 2.45) is 0 Å². The molecule has 4 aromatic rings. The maximum atomic E-state index is 2.63. The predicted octanol–water partition coefficient (Wildman–Crippen LogP) is 2.05. The van der Waals surface area contributed by atoms with Crippen molar-refractivity contribution in [1.29, 1.82) is 0 Å². The summed E-state index contributed by atoms with van der Waals surface area (Å²) in [5, 5.41) is 6.22. The first kappa shape index (κ1) is 48.8. The molecule has 0 spiro atoms. The van der Waals surface area contributed by atoms with Crippen LogP contribution in [0.1, 0.15) is 184 Å². The number of halogens is 3. The summed E-state index contributed by atoms with van der Waals surface area (Å²) in [4.78, 5) is 0. The molecule has 50 heavy (non-hydrogen) atoms. The summed E-state index contributed by atoms with van der Waals surface area (Å²) in [6, 6.07) is 30.6. The summed E-state index contributed by atoms with van der Waals surface area (Å²) < 4.78 is 0. The first-order chi connectivity index (χ1) is 21.6. The predicted molar refractivity (Wildman–Crippen MR) is 209 cm³/mol. The molecule has 0 radical (unpaired) electrons. The van der Waals surface area contributed by atoms with Crippen LogP contribution in [-0.2, 0) is 21.7 Å². The minimum absolute atomic E-state index is 0. The van der Waals surface area contributed by atoms with Crippen LogP contribution in [0.2, 0.25) is 0 Å². The molecule has 1 unspecified atom stereocenters. The van der Waals surface area contributed by atoms with Crippen molar-refractivity contribution in [3.8, 4) is 0 Å². The topological polar surface area (TPSA) is 0 Å². The van der Waals surface area contributed by atoms with Crippen LogP contribution in [-0.4, -0.2) is 8.07 Å². The van der Waals surface area contributed by atoms with Crippen LogP contribution in [0.15, 0.2) is 72.8 Å². The van der Waals surface area contributed by atoms with Crippen LogP contribution in [0.3, 0.4) is 0 Å². The number of hydrogen-bond acceptors (Lipinski definition) is 0. The van der Waals surface area contributed by atoms with E-state index in [0.717, 1.165) is 6.42 Å². The van der Waals surface area contributed by atoms with Crippen molar-refractivity contribution < 1.29 is 58.9 Å². The molecule has 0 fully saturated rings. The Morgan fingerprint density at radius 3 is 0.940 bits per heavy atom. The normalized spacial score (nSPS) is 12.2. The van der Waals surface area contributed by atoms with Gasteiger partial charge in [0.1, 0.15) is 8.07 Å². The van der Waals surface area contributed by atoms with E-state index in [4.69, 9.17) is 0 Å². The second kappa shape index (κ2) is 20.3. The van der Waals surface area contributed by atoms with Gasteiger partial charge in [0, 0.05) is 0 Å². The van der Waals surface area contributed by atoms with Crippen LogP contribution >= 0.6 is 0 Å². The summed E-state index contributed by atoms with van der Waals surface area (Å²) in [5.74, 6) is 3.24. The van der Waals surface area contributed by atoms with Gasteiger partial charge in [-0.15, -0.1) is 5.19 Å². The van der Waals surface area contributed by atoms with Crippen molar-refractivity contribution in [2.75, 3.05) is 0 Å². The van der Waals surface area contributed by atoms with Gasteiger partial charge >= 0.3 is 21.7 Å². The Labute approximate surface area is 341 Å². The molecule has 0 amide bonds. The molecular formula is C45H63Cl3SiTi. The SMILES string of the molecule is CCC(C)c1ccc[c-]1[Si](c1cc(C(C)C)cc(C(C)C)c1)(c1cc(C(C)C)cc(C(C)C)c1)c1cc(C(C)C)cc(C(C)C)c1.[Cl-].[Cl-].[Cl-].[Ti+4]. The molecule has 4 aromatic carbocycles. The molecule has 0 aliphatic heterocycles. The van der Waals surface area contributed by atoms with Crippen molar-refractivity contribution in [3.63, 3.8) is 0 Å². The minimum Gasteiger partial charge on any atom is -1.00 e. The fourth-order valence-electron chi connectivity index (χ4n) is 7.07. The van der Waals surface area contributed by atoms with Crippen molar-refractivity contribution in [3.05, 3.63) is 112 Å². The Morgan fingerprint density at radius 1 is 0.460 bits per heavy atom. The molecule has 0 saturated heterocycles. The van der Waals surface area contributed by atoms with Crippen molar-refractivity contribution >= 4 is 28.8 Å². The smallest absolute Gasteiger partial charge is 1.00 e. The maximum Gasteiger partial charge on any atom is 4.00 e. The van der Waals surface area contributed by atoms with Gasteiger partial charge in [-0.1, -0.05) is 174 Å². The molecule has 0 bridgehead atoms. The van der Waals surface area contributed by atoms with Crippen LogP contribution in [0.5, 0.6) is 0 Å². The van der Waals surface area contributed by atoms with E-state index >= 15 is 0 Å². The Hall–Kier alpha value is -1.19. The van der Waals surface area contributed by atoms with E-state index in [0.29, 0.717) is 41.4 Å². The number of rotatable bonds is 12. The average molecular weight is 786 g/mol. The van der Waals surface area contributed by atoms with E-state index < -0.39 is 8.07 Å². The van der Waals surface area contributed by atoms with Crippen molar-refractivity contribution in [1.82, 2.24) is 0 Å². The van der Waals surface area contributed by atoms with E-state index in [1.54, 1.807) is 20.7 Å². The van der Waals surface area contributed by atoms with E-state index in [1.807, 2.05) is 0 Å². The molecule has 4 rings (SSSR count). The molecule has 5 heteroatoms. The number of hydrogen-bond donors (Lipinski definition) is 0. The third-order valence-electron chi connectivity index (χ3n) is 10.6. The Kier molecular flexibility index (Phi) is 19.8. The first-order valence-corrected chi connectivity index (χ1v) is 20.3. The monoisotopic (exact) mass is 784 g/mol. The molecule has 0 nitrogen and oxygen atoms in total. The fourth-order valence-corrected chi connectivity index (χ4v) is 12.4. The second-order valence-corrected chi connectivity index (χ2v) is 19.8. The molecule has 272 valence electrons. The summed E-state index contributed by atoms with van der Waals surface area (Å²) >= 11 is 0. The Morgan fingerprint density at radius 2 is 0.720 bits per heavy atom. The van der Waals surface area contributed by atoms with Gasteiger partial charge in [-0.05, 0) is 74.8 Å². The van der Waals surface area contributed by atoms with Gasteiger partial charge in [0.15, 0.2) is 0 Å². The minimum atomic E-state index is -2.83. The van der Waals surface area contributed by atoms with Gasteiger partial charge in [0.25, 0.3) is 0 Å². The second-order valence-electron chi connectivity index (χ2n) is 16.0. The zero-order valence-electron chi connectivity index (χ0n) is 33.3. The molecule has 0 saturated carbocycles. The van der Waals surface area contributed by atoms with E-state index in [1.165, 1.54) is 38.9 Å². The molecule has 0 aromatic heterocycles. The molecule has 0 aliphatic rings. The van der Waals surface area contributed by atoms with Gasteiger partial charge < -0.3 is 37.2 Å². The van der Waals surface area contributed by atoms with Crippen LogP contribution in [0.4, 0.5) is 0 Å². The van der Waals surface area contributed by atoms with Gasteiger partial charge in [-0.2, -0.15) is 11.6 Å². The van der Waals surface area contributed by atoms with Gasteiger partial charge in [0.2, 0.25) is 0 Å². The largest absolute Gasteiger partial charge is 4.00 e. The molecular weight excluding hydrogens is 723 g/mol. The third kappa shape index (κ3) is 10.1. The van der Waals surface area contributed by atoms with Crippen LogP contribution in [0.25, 0.3) is 0 Å². The maximum absolute atomic E-state index is 2.83. The van der Waals surface area contributed by atoms with Crippen molar-refractivity contribution in [2.45, 2.75) is 145 Å². The van der Waals surface area contributed by atoms with E-state index in [-0.39, 0.29) is 58.9 Å². The van der Waals surface area contributed by atoms with Gasteiger partial charge in [-0.3, -0.25) is 0 Å². The Bertz CT molecular complexity index is 1400. The zero-order chi connectivity index (χ0) is 34.1. The van der Waals surface area contributed by atoms with Gasteiger partial charge in [0.05, 0.1) is 0 Å². The van der Waals surface area contributed by atoms with Crippen LogP contribution < -0.4 is 58.0 Å². The summed E-state index contributed by atoms with van der Waals surface area (Å²) in [7, 11) is -2.83. The molecule has 1 atom stereocenters. The van der Waals surface area contributed by atoms with Crippen LogP contribution in [0, 0.1) is 0 Å². The standard InChI is InChI=1S/C45H63Si.3ClH.Ti/c1-15-34(14)44-17-16-18-45(44)46(41-22-35(28(2)3)19-36(23-41)29(4)5,42-24-37(30(6)7)20-38(25-42)31(8)9)43-26-39(32(10)11)21-40(27-43)33(12)13;;;;/h16-34H,15H2,1-14H3;3*1H;/q-1;;;;+4/p-3. The molecule has 0 heterocycles. The van der Waals surface area contributed by atoms with E-state index in [2.05, 4.69) is 170 Å². The quantitative estimate of drug-likeness (QED) is 0.117. The fraction of sp³-hybridized carbons (Fsp3) is 0.489. The molecule has 0 N–H and O–H groups in total. The van der Waals surface area contributed by atoms with Gasteiger partial charge in [-0.25, -0.2) is 12.1 Å². The average Bonchev–Trinajstić information content (AvgIpc) is 3.50. The zero-order valence-corrected chi connectivity index (χ0v) is 38.1.